The third-order valence-corrected chi connectivity index (χ3v) is 4.35. The first-order valence-corrected chi connectivity index (χ1v) is 8.69. The highest BCUT2D eigenvalue weighted by Gasteiger charge is 2.13. The van der Waals surface area contributed by atoms with Crippen molar-refractivity contribution in [3.8, 4) is 16.9 Å². The lowest BCUT2D eigenvalue weighted by Gasteiger charge is -2.13. The summed E-state index contributed by atoms with van der Waals surface area (Å²) in [7, 11) is 3.28. The molecule has 3 rings (SSSR count). The maximum Gasteiger partial charge on any atom is 0.169 e. The summed E-state index contributed by atoms with van der Waals surface area (Å²) in [5.74, 6) is 0. The largest absolute Gasteiger partial charge is 0.355 e. The van der Waals surface area contributed by atoms with Crippen LogP contribution in [0.3, 0.4) is 0 Å². The highest BCUT2D eigenvalue weighted by atomic mass is 16.7. The molecule has 5 heteroatoms. The molecular formula is C21H25N3O2. The number of aromatic nitrogens is 2. The van der Waals surface area contributed by atoms with E-state index in [4.69, 9.17) is 14.6 Å². The van der Waals surface area contributed by atoms with Gasteiger partial charge in [0.1, 0.15) is 0 Å². The number of nitrogens with zero attached hydrogens (tertiary/aromatic N) is 2. The Morgan fingerprint density at radius 2 is 1.69 bits per heavy atom. The summed E-state index contributed by atoms with van der Waals surface area (Å²) in [6.45, 7) is 3.38. The fourth-order valence-corrected chi connectivity index (χ4v) is 2.91. The molecule has 0 aliphatic heterocycles. The van der Waals surface area contributed by atoms with Gasteiger partial charge in [-0.15, -0.1) is 0 Å². The number of benzene rings is 2. The summed E-state index contributed by atoms with van der Waals surface area (Å²) in [6.07, 6.45) is 1.83. The zero-order chi connectivity index (χ0) is 18.4. The minimum atomic E-state index is -0.262. The van der Waals surface area contributed by atoms with Crippen LogP contribution in [-0.2, 0) is 16.0 Å². The van der Waals surface area contributed by atoms with E-state index in [0.717, 1.165) is 22.5 Å². The second kappa shape index (κ2) is 8.76. The molecule has 1 N–H and O–H groups in total. The monoisotopic (exact) mass is 351 g/mol. The van der Waals surface area contributed by atoms with Crippen molar-refractivity contribution in [2.24, 2.45) is 0 Å². The summed E-state index contributed by atoms with van der Waals surface area (Å²) in [5, 5.41) is 8.25. The molecule has 0 aliphatic carbocycles. The summed E-state index contributed by atoms with van der Waals surface area (Å²) in [4.78, 5) is 0. The van der Waals surface area contributed by atoms with Gasteiger partial charge in [0.25, 0.3) is 0 Å². The van der Waals surface area contributed by atoms with Crippen LogP contribution in [0.1, 0.15) is 11.1 Å². The second-order valence-electron chi connectivity index (χ2n) is 6.13. The van der Waals surface area contributed by atoms with Crippen molar-refractivity contribution >= 4 is 0 Å². The van der Waals surface area contributed by atoms with E-state index in [9.17, 15) is 0 Å². The summed E-state index contributed by atoms with van der Waals surface area (Å²) >= 11 is 0. The van der Waals surface area contributed by atoms with Crippen molar-refractivity contribution in [3.05, 3.63) is 71.9 Å². The Morgan fingerprint density at radius 1 is 1.00 bits per heavy atom. The van der Waals surface area contributed by atoms with Gasteiger partial charge in [0.15, 0.2) is 6.29 Å². The average molecular weight is 351 g/mol. The molecule has 0 saturated heterocycles. The summed E-state index contributed by atoms with van der Waals surface area (Å²) in [6, 6.07) is 18.5. The van der Waals surface area contributed by atoms with Gasteiger partial charge in [-0.1, -0.05) is 48.5 Å². The number of methoxy groups -OCH3 is 2. The topological polar surface area (TPSA) is 48.3 Å². The molecule has 0 saturated carbocycles. The average Bonchev–Trinajstić information content (AvgIpc) is 3.10. The zero-order valence-electron chi connectivity index (χ0n) is 15.5. The maximum atomic E-state index is 5.24. The number of aryl methyl sites for hydroxylation is 1. The zero-order valence-corrected chi connectivity index (χ0v) is 15.5. The Labute approximate surface area is 154 Å². The Hall–Kier alpha value is -2.47. The van der Waals surface area contributed by atoms with Crippen LogP contribution in [0.25, 0.3) is 16.9 Å². The van der Waals surface area contributed by atoms with Crippen LogP contribution in [0.5, 0.6) is 0 Å². The minimum Gasteiger partial charge on any atom is -0.355 e. The third-order valence-electron chi connectivity index (χ3n) is 4.35. The number of hydrogen-bond acceptors (Lipinski definition) is 4. The van der Waals surface area contributed by atoms with Crippen molar-refractivity contribution in [3.63, 3.8) is 0 Å². The molecule has 1 aromatic heterocycles. The van der Waals surface area contributed by atoms with Crippen LogP contribution in [0, 0.1) is 6.92 Å². The number of rotatable bonds is 8. The molecule has 0 unspecified atom stereocenters. The number of hydrogen-bond donors (Lipinski definition) is 1. The first-order valence-electron chi connectivity index (χ1n) is 8.69. The highest BCUT2D eigenvalue weighted by Crippen LogP contribution is 2.24. The van der Waals surface area contributed by atoms with Gasteiger partial charge < -0.3 is 14.8 Å². The van der Waals surface area contributed by atoms with Gasteiger partial charge in [-0.3, -0.25) is 0 Å². The van der Waals surface area contributed by atoms with E-state index in [2.05, 4.69) is 42.7 Å². The van der Waals surface area contributed by atoms with Gasteiger partial charge in [0, 0.05) is 44.6 Å². The van der Waals surface area contributed by atoms with Crippen LogP contribution >= 0.6 is 0 Å². The van der Waals surface area contributed by atoms with E-state index in [1.54, 1.807) is 14.2 Å². The SMILES string of the molecule is COC(CNCc1cn(-c2ccccc2C)nc1-c1ccccc1)OC. The molecule has 2 aromatic carbocycles. The van der Waals surface area contributed by atoms with Crippen molar-refractivity contribution < 1.29 is 9.47 Å². The van der Waals surface area contributed by atoms with Gasteiger partial charge in [-0.2, -0.15) is 5.10 Å². The first-order chi connectivity index (χ1) is 12.7. The fourth-order valence-electron chi connectivity index (χ4n) is 2.91. The van der Waals surface area contributed by atoms with E-state index >= 15 is 0 Å². The molecule has 0 fully saturated rings. The van der Waals surface area contributed by atoms with Crippen LogP contribution in [0.2, 0.25) is 0 Å². The van der Waals surface area contributed by atoms with E-state index in [0.29, 0.717) is 13.1 Å². The molecule has 0 atom stereocenters. The highest BCUT2D eigenvalue weighted by molar-refractivity contribution is 5.63. The third kappa shape index (κ3) is 4.19. The Balaban J connectivity index is 1.90. The van der Waals surface area contributed by atoms with Gasteiger partial charge in [-0.05, 0) is 18.6 Å². The molecule has 1 heterocycles. The van der Waals surface area contributed by atoms with E-state index < -0.39 is 0 Å². The Bertz CT molecular complexity index is 826. The lowest BCUT2D eigenvalue weighted by molar-refractivity contribution is -0.0989. The quantitative estimate of drug-likeness (QED) is 0.631. The van der Waals surface area contributed by atoms with E-state index in [1.165, 1.54) is 5.56 Å². The maximum absolute atomic E-state index is 5.24. The molecule has 0 spiro atoms. The normalized spacial score (nSPS) is 11.2. The standard InChI is InChI=1S/C21H25N3O2/c1-16-9-7-8-12-19(16)24-15-18(13-22-14-20(25-2)26-3)21(23-24)17-10-5-4-6-11-17/h4-12,15,20,22H,13-14H2,1-3H3. The summed E-state index contributed by atoms with van der Waals surface area (Å²) in [5.41, 5.74) is 5.49. The van der Waals surface area contributed by atoms with Gasteiger partial charge in [0.2, 0.25) is 0 Å². The van der Waals surface area contributed by atoms with Gasteiger partial charge in [-0.25, -0.2) is 4.68 Å². The van der Waals surface area contributed by atoms with Gasteiger partial charge in [0.05, 0.1) is 11.4 Å². The summed E-state index contributed by atoms with van der Waals surface area (Å²) < 4.78 is 12.4. The molecule has 5 nitrogen and oxygen atoms in total. The molecule has 3 aromatic rings. The molecule has 0 amide bonds. The lowest BCUT2D eigenvalue weighted by atomic mass is 10.1. The molecule has 0 aliphatic rings. The minimum absolute atomic E-state index is 0.262. The van der Waals surface area contributed by atoms with Crippen LogP contribution in [0.4, 0.5) is 0 Å². The van der Waals surface area contributed by atoms with E-state index in [-0.39, 0.29) is 6.29 Å². The predicted molar refractivity (Wildman–Crippen MR) is 103 cm³/mol. The first kappa shape index (κ1) is 18.3. The van der Waals surface area contributed by atoms with Crippen LogP contribution in [0.15, 0.2) is 60.8 Å². The lowest BCUT2D eigenvalue weighted by Crippen LogP contribution is -2.29. The van der Waals surface area contributed by atoms with Crippen molar-refractivity contribution in [2.45, 2.75) is 19.8 Å². The Morgan fingerprint density at radius 3 is 2.38 bits per heavy atom. The van der Waals surface area contributed by atoms with Crippen molar-refractivity contribution in [2.75, 3.05) is 20.8 Å². The smallest absolute Gasteiger partial charge is 0.169 e. The number of nitrogens with one attached hydrogen (secondary N) is 1. The number of para-hydroxylation sites is 1. The predicted octanol–water partition coefficient (Wildman–Crippen LogP) is 3.56. The van der Waals surface area contributed by atoms with E-state index in [1.807, 2.05) is 35.0 Å². The molecule has 0 radical (unpaired) electrons. The Kier molecular flexibility index (Phi) is 6.17. The fraction of sp³-hybridized carbons (Fsp3) is 0.286. The van der Waals surface area contributed by atoms with Crippen molar-refractivity contribution in [1.82, 2.24) is 15.1 Å². The van der Waals surface area contributed by atoms with Crippen molar-refractivity contribution in [1.29, 1.82) is 0 Å². The molecular weight excluding hydrogens is 326 g/mol. The number of ether oxygens (including phenoxy) is 2. The second-order valence-corrected chi connectivity index (χ2v) is 6.13. The van der Waals surface area contributed by atoms with Crippen LogP contribution < -0.4 is 5.32 Å². The molecule has 0 bridgehead atoms. The molecule has 136 valence electrons. The molecule has 26 heavy (non-hydrogen) atoms. The van der Waals surface area contributed by atoms with Gasteiger partial charge >= 0.3 is 0 Å². The van der Waals surface area contributed by atoms with Crippen LogP contribution in [-0.4, -0.2) is 36.8 Å².